The molecule has 0 saturated heterocycles. The quantitative estimate of drug-likeness (QED) is 0.770. The van der Waals surface area contributed by atoms with Crippen LogP contribution in [0, 0.1) is 0 Å². The van der Waals surface area contributed by atoms with Crippen molar-refractivity contribution >= 4 is 28.3 Å². The largest absolute Gasteiger partial charge is 0.341 e. The summed E-state index contributed by atoms with van der Waals surface area (Å²) in [6.07, 6.45) is 0.789. The number of hydrogen-bond donors (Lipinski definition) is 2. The third-order valence-electron chi connectivity index (χ3n) is 3.20. The van der Waals surface area contributed by atoms with Crippen molar-refractivity contribution < 1.29 is 4.79 Å². The molecular formula is C15H15N3OS. The third-order valence-corrected chi connectivity index (χ3v) is 4.06. The Morgan fingerprint density at radius 1 is 1.35 bits per heavy atom. The number of nitrogens with one attached hydrogen (secondary N) is 2. The van der Waals surface area contributed by atoms with E-state index in [1.807, 2.05) is 48.7 Å². The van der Waals surface area contributed by atoms with Gasteiger partial charge in [0.15, 0.2) is 0 Å². The number of thiophene rings is 1. The van der Waals surface area contributed by atoms with Gasteiger partial charge in [-0.25, -0.2) is 4.98 Å². The maximum atomic E-state index is 12.1. The molecule has 102 valence electrons. The average molecular weight is 285 g/mol. The van der Waals surface area contributed by atoms with Crippen LogP contribution in [0.5, 0.6) is 0 Å². The molecule has 2 aromatic heterocycles. The molecule has 20 heavy (non-hydrogen) atoms. The lowest BCUT2D eigenvalue weighted by molar-refractivity contribution is 0.0938. The first-order chi connectivity index (χ1) is 9.78. The third kappa shape index (κ3) is 2.44. The van der Waals surface area contributed by atoms with Crippen LogP contribution in [-0.2, 0) is 0 Å². The number of aromatic amines is 1. The fourth-order valence-electron chi connectivity index (χ4n) is 2.14. The van der Waals surface area contributed by atoms with Crippen molar-refractivity contribution in [3.63, 3.8) is 0 Å². The molecule has 0 aliphatic carbocycles. The minimum absolute atomic E-state index is 0.0488. The summed E-state index contributed by atoms with van der Waals surface area (Å²) in [5.41, 5.74) is 1.91. The molecule has 1 unspecified atom stereocenters. The van der Waals surface area contributed by atoms with Gasteiger partial charge in [0.2, 0.25) is 0 Å². The van der Waals surface area contributed by atoms with Gasteiger partial charge in [0.1, 0.15) is 5.82 Å². The maximum absolute atomic E-state index is 12.1. The number of carbonyl (C=O) groups is 1. The average Bonchev–Trinajstić information content (AvgIpc) is 3.12. The predicted molar refractivity (Wildman–Crippen MR) is 80.9 cm³/mol. The summed E-state index contributed by atoms with van der Waals surface area (Å²) < 4.78 is 0. The number of rotatable bonds is 4. The van der Waals surface area contributed by atoms with Crippen LogP contribution in [0.2, 0.25) is 0 Å². The SMILES string of the molecule is CCC(NC(=O)c1cccs1)c1nc2ccccc2[nH]1. The molecule has 3 rings (SSSR count). The number of para-hydroxylation sites is 2. The van der Waals surface area contributed by atoms with Crippen LogP contribution in [-0.4, -0.2) is 15.9 Å². The Kier molecular flexibility index (Phi) is 3.52. The van der Waals surface area contributed by atoms with Gasteiger partial charge in [-0.1, -0.05) is 25.1 Å². The number of amides is 1. The summed E-state index contributed by atoms with van der Waals surface area (Å²) in [6, 6.07) is 11.5. The van der Waals surface area contributed by atoms with Gasteiger partial charge in [0.25, 0.3) is 5.91 Å². The van der Waals surface area contributed by atoms with Gasteiger partial charge in [-0.15, -0.1) is 11.3 Å². The summed E-state index contributed by atoms with van der Waals surface area (Å²) in [6.45, 7) is 2.03. The molecule has 0 spiro atoms. The molecule has 2 N–H and O–H groups in total. The Bertz CT molecular complexity index is 685. The molecule has 1 aromatic carbocycles. The predicted octanol–water partition coefficient (Wildman–Crippen LogP) is 3.51. The second kappa shape index (κ2) is 5.46. The van der Waals surface area contributed by atoms with Gasteiger partial charge in [0, 0.05) is 0 Å². The molecule has 1 amide bonds. The van der Waals surface area contributed by atoms with Gasteiger partial charge >= 0.3 is 0 Å². The molecule has 4 nitrogen and oxygen atoms in total. The number of aromatic nitrogens is 2. The van der Waals surface area contributed by atoms with Crippen LogP contribution in [0.1, 0.15) is 34.9 Å². The molecule has 0 radical (unpaired) electrons. The van der Waals surface area contributed by atoms with Crippen molar-refractivity contribution in [1.82, 2.24) is 15.3 Å². The zero-order valence-electron chi connectivity index (χ0n) is 11.1. The highest BCUT2D eigenvalue weighted by Crippen LogP contribution is 2.19. The standard InChI is InChI=1S/C15H15N3OS/c1-2-10(18-15(19)13-8-5-9-20-13)14-16-11-6-3-4-7-12(11)17-14/h3-10H,2H2,1H3,(H,16,17)(H,18,19). The first-order valence-electron chi connectivity index (χ1n) is 6.57. The van der Waals surface area contributed by atoms with E-state index in [0.29, 0.717) is 0 Å². The van der Waals surface area contributed by atoms with Crippen LogP contribution in [0.4, 0.5) is 0 Å². The highest BCUT2D eigenvalue weighted by Gasteiger charge is 2.17. The molecule has 0 aliphatic heterocycles. The topological polar surface area (TPSA) is 57.8 Å². The van der Waals surface area contributed by atoms with E-state index >= 15 is 0 Å². The Labute approximate surface area is 120 Å². The first-order valence-corrected chi connectivity index (χ1v) is 7.45. The summed E-state index contributed by atoms with van der Waals surface area (Å²) >= 11 is 1.44. The number of imidazole rings is 1. The second-order valence-electron chi connectivity index (χ2n) is 4.55. The van der Waals surface area contributed by atoms with Crippen molar-refractivity contribution in [2.24, 2.45) is 0 Å². The van der Waals surface area contributed by atoms with Gasteiger partial charge in [-0.2, -0.15) is 0 Å². The van der Waals surface area contributed by atoms with E-state index in [1.165, 1.54) is 11.3 Å². The number of benzene rings is 1. The summed E-state index contributed by atoms with van der Waals surface area (Å²) in [5.74, 6) is 0.755. The summed E-state index contributed by atoms with van der Waals surface area (Å²) in [7, 11) is 0. The number of hydrogen-bond acceptors (Lipinski definition) is 3. The number of carbonyl (C=O) groups excluding carboxylic acids is 1. The molecule has 0 saturated carbocycles. The van der Waals surface area contributed by atoms with Crippen LogP contribution < -0.4 is 5.32 Å². The van der Waals surface area contributed by atoms with Gasteiger partial charge in [-0.05, 0) is 30.0 Å². The van der Waals surface area contributed by atoms with Crippen molar-refractivity contribution in [2.45, 2.75) is 19.4 Å². The zero-order valence-corrected chi connectivity index (χ0v) is 11.9. The first kappa shape index (κ1) is 12.9. The monoisotopic (exact) mass is 285 g/mol. The van der Waals surface area contributed by atoms with E-state index in [1.54, 1.807) is 0 Å². The number of H-pyrrole nitrogens is 1. The lowest BCUT2D eigenvalue weighted by Gasteiger charge is -2.13. The van der Waals surface area contributed by atoms with Gasteiger partial charge < -0.3 is 10.3 Å². The van der Waals surface area contributed by atoms with Crippen molar-refractivity contribution in [3.05, 3.63) is 52.5 Å². The van der Waals surface area contributed by atoms with Gasteiger partial charge in [0.05, 0.1) is 22.0 Å². The molecule has 0 bridgehead atoms. The zero-order chi connectivity index (χ0) is 13.9. The van der Waals surface area contributed by atoms with E-state index in [-0.39, 0.29) is 11.9 Å². The van der Waals surface area contributed by atoms with E-state index in [0.717, 1.165) is 28.2 Å². The normalized spacial score (nSPS) is 12.4. The summed E-state index contributed by atoms with van der Waals surface area (Å²) in [5, 5.41) is 4.92. The van der Waals surface area contributed by atoms with E-state index < -0.39 is 0 Å². The Morgan fingerprint density at radius 2 is 2.20 bits per heavy atom. The van der Waals surface area contributed by atoms with Crippen molar-refractivity contribution in [2.75, 3.05) is 0 Å². The van der Waals surface area contributed by atoms with E-state index in [9.17, 15) is 4.79 Å². The maximum Gasteiger partial charge on any atom is 0.261 e. The Hall–Kier alpha value is -2.14. The lowest BCUT2D eigenvalue weighted by Crippen LogP contribution is -2.28. The Balaban J connectivity index is 1.84. The second-order valence-corrected chi connectivity index (χ2v) is 5.50. The molecule has 3 aromatic rings. The molecule has 0 aliphatic rings. The van der Waals surface area contributed by atoms with Gasteiger partial charge in [-0.3, -0.25) is 4.79 Å². The van der Waals surface area contributed by atoms with Crippen molar-refractivity contribution in [1.29, 1.82) is 0 Å². The highest BCUT2D eigenvalue weighted by atomic mass is 32.1. The fraction of sp³-hybridized carbons (Fsp3) is 0.200. The molecule has 5 heteroatoms. The van der Waals surface area contributed by atoms with E-state index in [4.69, 9.17) is 0 Å². The highest BCUT2D eigenvalue weighted by molar-refractivity contribution is 7.12. The van der Waals surface area contributed by atoms with Crippen LogP contribution in [0.3, 0.4) is 0 Å². The Morgan fingerprint density at radius 3 is 2.90 bits per heavy atom. The van der Waals surface area contributed by atoms with E-state index in [2.05, 4.69) is 15.3 Å². The summed E-state index contributed by atoms with van der Waals surface area (Å²) in [4.78, 5) is 20.7. The smallest absolute Gasteiger partial charge is 0.261 e. The van der Waals surface area contributed by atoms with Crippen LogP contribution in [0.25, 0.3) is 11.0 Å². The molecular weight excluding hydrogens is 270 g/mol. The lowest BCUT2D eigenvalue weighted by atomic mass is 10.2. The van der Waals surface area contributed by atoms with Crippen LogP contribution >= 0.6 is 11.3 Å². The minimum atomic E-state index is -0.1000. The molecule has 0 fully saturated rings. The minimum Gasteiger partial charge on any atom is -0.341 e. The fourth-order valence-corrected chi connectivity index (χ4v) is 2.77. The number of nitrogens with zero attached hydrogens (tertiary/aromatic N) is 1. The molecule has 1 atom stereocenters. The van der Waals surface area contributed by atoms with Crippen LogP contribution in [0.15, 0.2) is 41.8 Å². The van der Waals surface area contributed by atoms with Crippen molar-refractivity contribution in [3.8, 4) is 0 Å². The number of fused-ring (bicyclic) bond motifs is 1. The molecule has 2 heterocycles.